The second-order valence-electron chi connectivity index (χ2n) is 7.30. The third-order valence-electron chi connectivity index (χ3n) is 5.66. The topological polar surface area (TPSA) is 8.17 Å². The molecular weight excluding hydrogens is 304 g/mol. The number of aryl methyl sites for hydroxylation is 1. The van der Waals surface area contributed by atoms with Gasteiger partial charge in [-0.3, -0.25) is 0 Å². The lowest BCUT2D eigenvalue weighted by Gasteiger charge is -2.32. The quantitative estimate of drug-likeness (QED) is 0.556. The Morgan fingerprint density at radius 3 is 2.32 bits per heavy atom. The Morgan fingerprint density at radius 2 is 1.48 bits per heavy atom. The lowest BCUT2D eigenvalue weighted by atomic mass is 9.89. The van der Waals surface area contributed by atoms with Gasteiger partial charge in [0.1, 0.15) is 0 Å². The summed E-state index contributed by atoms with van der Waals surface area (Å²) in [6, 6.07) is 22.0. The second kappa shape index (κ2) is 7.88. The standard InChI is InChI=1S/C23H28N2/c1-2-8-20(9-3-1)21-12-17-24(18-13-21)15-6-7-16-25-19-14-22-10-4-5-11-23(22)25/h1-5,8-11,14,19,21H,6-7,12-13,15-18H2. The molecule has 1 aliphatic rings. The fraction of sp³-hybridized carbons (Fsp3) is 0.391. The molecule has 3 aromatic rings. The zero-order chi connectivity index (χ0) is 16.9. The van der Waals surface area contributed by atoms with Gasteiger partial charge in [0.2, 0.25) is 0 Å². The van der Waals surface area contributed by atoms with Crippen LogP contribution in [0.2, 0.25) is 0 Å². The van der Waals surface area contributed by atoms with E-state index in [9.17, 15) is 0 Å². The first-order chi connectivity index (χ1) is 12.4. The highest BCUT2D eigenvalue weighted by Crippen LogP contribution is 2.27. The van der Waals surface area contributed by atoms with Crippen LogP contribution in [0.15, 0.2) is 66.9 Å². The summed E-state index contributed by atoms with van der Waals surface area (Å²) in [5.41, 5.74) is 2.90. The van der Waals surface area contributed by atoms with Crippen molar-refractivity contribution in [2.45, 2.75) is 38.1 Å². The van der Waals surface area contributed by atoms with E-state index < -0.39 is 0 Å². The van der Waals surface area contributed by atoms with Crippen molar-refractivity contribution in [3.63, 3.8) is 0 Å². The highest BCUT2D eigenvalue weighted by atomic mass is 15.1. The van der Waals surface area contributed by atoms with Crippen LogP contribution in [0.4, 0.5) is 0 Å². The Morgan fingerprint density at radius 1 is 0.760 bits per heavy atom. The molecule has 0 saturated carbocycles. The van der Waals surface area contributed by atoms with Gasteiger partial charge in [-0.2, -0.15) is 0 Å². The van der Waals surface area contributed by atoms with Crippen LogP contribution in [-0.2, 0) is 6.54 Å². The first kappa shape index (κ1) is 16.4. The number of piperidine rings is 1. The van der Waals surface area contributed by atoms with Crippen LogP contribution in [0, 0.1) is 0 Å². The van der Waals surface area contributed by atoms with Gasteiger partial charge in [0.15, 0.2) is 0 Å². The summed E-state index contributed by atoms with van der Waals surface area (Å²) >= 11 is 0. The molecule has 2 heterocycles. The maximum Gasteiger partial charge on any atom is 0.0480 e. The summed E-state index contributed by atoms with van der Waals surface area (Å²) in [4.78, 5) is 2.66. The molecule has 4 rings (SSSR count). The molecule has 0 unspecified atom stereocenters. The van der Waals surface area contributed by atoms with Gasteiger partial charge in [-0.25, -0.2) is 0 Å². The first-order valence-corrected chi connectivity index (χ1v) is 9.71. The molecule has 0 amide bonds. The number of likely N-dealkylation sites (tertiary alicyclic amines) is 1. The van der Waals surface area contributed by atoms with Gasteiger partial charge in [-0.05, 0) is 74.3 Å². The van der Waals surface area contributed by atoms with Crippen molar-refractivity contribution in [2.24, 2.45) is 0 Å². The first-order valence-electron chi connectivity index (χ1n) is 9.71. The highest BCUT2D eigenvalue weighted by Gasteiger charge is 2.19. The summed E-state index contributed by atoms with van der Waals surface area (Å²) < 4.78 is 2.40. The lowest BCUT2D eigenvalue weighted by molar-refractivity contribution is 0.208. The van der Waals surface area contributed by atoms with E-state index in [2.05, 4.69) is 76.3 Å². The molecule has 130 valence electrons. The Balaban J connectivity index is 1.20. The summed E-state index contributed by atoms with van der Waals surface area (Å²) in [5, 5.41) is 1.35. The number of rotatable bonds is 6. The summed E-state index contributed by atoms with van der Waals surface area (Å²) in [5.74, 6) is 0.767. The van der Waals surface area contributed by atoms with Crippen molar-refractivity contribution >= 4 is 10.9 Å². The molecule has 0 bridgehead atoms. The van der Waals surface area contributed by atoms with Crippen LogP contribution in [0.5, 0.6) is 0 Å². The minimum Gasteiger partial charge on any atom is -0.347 e. The zero-order valence-corrected chi connectivity index (χ0v) is 15.0. The molecule has 0 aliphatic carbocycles. The Bertz CT molecular complexity index is 782. The monoisotopic (exact) mass is 332 g/mol. The second-order valence-corrected chi connectivity index (χ2v) is 7.30. The summed E-state index contributed by atoms with van der Waals surface area (Å²) in [6.45, 7) is 4.90. The molecule has 1 aliphatic heterocycles. The van der Waals surface area contributed by atoms with Crippen LogP contribution in [0.1, 0.15) is 37.2 Å². The Labute approximate surface area is 151 Å². The molecule has 1 aromatic heterocycles. The van der Waals surface area contributed by atoms with Crippen molar-refractivity contribution in [3.05, 3.63) is 72.4 Å². The molecule has 25 heavy (non-hydrogen) atoms. The smallest absolute Gasteiger partial charge is 0.0480 e. The van der Waals surface area contributed by atoms with Gasteiger partial charge in [0.05, 0.1) is 0 Å². The molecular formula is C23H28N2. The lowest BCUT2D eigenvalue weighted by Crippen LogP contribution is -2.33. The average molecular weight is 332 g/mol. The minimum absolute atomic E-state index is 0.767. The maximum atomic E-state index is 2.66. The predicted octanol–water partition coefficient (Wildman–Crippen LogP) is 5.30. The highest BCUT2D eigenvalue weighted by molar-refractivity contribution is 5.79. The molecule has 0 radical (unpaired) electrons. The molecule has 0 atom stereocenters. The molecule has 0 N–H and O–H groups in total. The minimum atomic E-state index is 0.767. The number of aromatic nitrogens is 1. The van der Waals surface area contributed by atoms with Crippen molar-refractivity contribution in [2.75, 3.05) is 19.6 Å². The van der Waals surface area contributed by atoms with Crippen molar-refractivity contribution in [3.8, 4) is 0 Å². The third kappa shape index (κ3) is 3.96. The Kier molecular flexibility index (Phi) is 5.17. The van der Waals surface area contributed by atoms with Gasteiger partial charge >= 0.3 is 0 Å². The number of fused-ring (bicyclic) bond motifs is 1. The SMILES string of the molecule is c1ccc(C2CCN(CCCCn3ccc4ccccc43)CC2)cc1. The fourth-order valence-electron chi connectivity index (χ4n) is 4.17. The normalized spacial score (nSPS) is 16.5. The zero-order valence-electron chi connectivity index (χ0n) is 15.0. The molecule has 2 heteroatoms. The van der Waals surface area contributed by atoms with E-state index in [1.54, 1.807) is 0 Å². The van der Waals surface area contributed by atoms with E-state index in [0.29, 0.717) is 0 Å². The number of hydrogen-bond donors (Lipinski definition) is 0. The predicted molar refractivity (Wildman–Crippen MR) is 106 cm³/mol. The van der Waals surface area contributed by atoms with Crippen molar-refractivity contribution in [1.82, 2.24) is 9.47 Å². The van der Waals surface area contributed by atoms with Crippen molar-refractivity contribution < 1.29 is 0 Å². The Hall–Kier alpha value is -2.06. The van der Waals surface area contributed by atoms with Crippen LogP contribution in [0.3, 0.4) is 0 Å². The maximum absolute atomic E-state index is 2.66. The largest absolute Gasteiger partial charge is 0.347 e. The van der Waals surface area contributed by atoms with E-state index in [-0.39, 0.29) is 0 Å². The van der Waals surface area contributed by atoms with E-state index >= 15 is 0 Å². The van der Waals surface area contributed by atoms with E-state index in [4.69, 9.17) is 0 Å². The third-order valence-corrected chi connectivity index (χ3v) is 5.66. The van der Waals surface area contributed by atoms with Gasteiger partial charge in [-0.1, -0.05) is 48.5 Å². The van der Waals surface area contributed by atoms with Gasteiger partial charge in [0, 0.05) is 18.3 Å². The van der Waals surface area contributed by atoms with Crippen LogP contribution in [-0.4, -0.2) is 29.1 Å². The number of hydrogen-bond acceptors (Lipinski definition) is 1. The van der Waals surface area contributed by atoms with E-state index in [0.717, 1.165) is 12.5 Å². The van der Waals surface area contributed by atoms with Crippen LogP contribution < -0.4 is 0 Å². The summed E-state index contributed by atoms with van der Waals surface area (Å²) in [7, 11) is 0. The molecule has 1 fully saturated rings. The van der Waals surface area contributed by atoms with Gasteiger partial charge in [0.25, 0.3) is 0 Å². The molecule has 1 saturated heterocycles. The van der Waals surface area contributed by atoms with Gasteiger partial charge in [-0.15, -0.1) is 0 Å². The summed E-state index contributed by atoms with van der Waals surface area (Å²) in [6.07, 6.45) is 7.41. The average Bonchev–Trinajstić information content (AvgIpc) is 3.10. The number of unbranched alkanes of at least 4 members (excludes halogenated alkanes) is 1. The number of benzene rings is 2. The van der Waals surface area contributed by atoms with Gasteiger partial charge < -0.3 is 9.47 Å². The molecule has 0 spiro atoms. The number of nitrogens with zero attached hydrogens (tertiary/aromatic N) is 2. The number of para-hydroxylation sites is 1. The van der Waals surface area contributed by atoms with E-state index in [1.807, 2.05) is 0 Å². The van der Waals surface area contributed by atoms with Crippen molar-refractivity contribution in [1.29, 1.82) is 0 Å². The van der Waals surface area contributed by atoms with E-state index in [1.165, 1.54) is 61.8 Å². The molecule has 2 aromatic carbocycles. The fourth-order valence-corrected chi connectivity index (χ4v) is 4.17. The molecule has 2 nitrogen and oxygen atoms in total. The van der Waals surface area contributed by atoms with Crippen LogP contribution in [0.25, 0.3) is 10.9 Å². The van der Waals surface area contributed by atoms with Crippen LogP contribution >= 0.6 is 0 Å².